The highest BCUT2D eigenvalue weighted by molar-refractivity contribution is 4.94. The topological polar surface area (TPSA) is 24.9 Å². The van der Waals surface area contributed by atoms with Gasteiger partial charge in [-0.1, -0.05) is 140 Å². The number of nitrogens with zero attached hydrogens (tertiary/aromatic N) is 2. The molecule has 49 heavy (non-hydrogen) atoms. The van der Waals surface area contributed by atoms with Crippen molar-refractivity contribution in [3.63, 3.8) is 0 Å². The number of rotatable bonds is 34. The fourth-order valence-corrected chi connectivity index (χ4v) is 6.89. The predicted octanol–water partition coefficient (Wildman–Crippen LogP) is 13.0. The van der Waals surface area contributed by atoms with Crippen LogP contribution in [-0.2, 0) is 9.47 Å². The van der Waals surface area contributed by atoms with Crippen molar-refractivity contribution in [3.8, 4) is 0 Å². The van der Waals surface area contributed by atoms with Crippen LogP contribution in [0.25, 0.3) is 0 Å². The van der Waals surface area contributed by atoms with E-state index in [1.807, 2.05) is 0 Å². The third-order valence-electron chi connectivity index (χ3n) is 9.75. The number of hydrogen-bond donors (Lipinski definition) is 0. The van der Waals surface area contributed by atoms with Gasteiger partial charge in [0.15, 0.2) is 5.79 Å². The minimum atomic E-state index is -0.397. The Morgan fingerprint density at radius 1 is 0.408 bits per heavy atom. The van der Waals surface area contributed by atoms with Crippen LogP contribution in [0.5, 0.6) is 0 Å². The van der Waals surface area contributed by atoms with Crippen LogP contribution in [0.1, 0.15) is 181 Å². The van der Waals surface area contributed by atoms with Gasteiger partial charge in [0.1, 0.15) is 12.2 Å². The van der Waals surface area contributed by atoms with E-state index in [0.29, 0.717) is 0 Å². The van der Waals surface area contributed by atoms with Gasteiger partial charge in [-0.3, -0.25) is 0 Å². The highest BCUT2D eigenvalue weighted by Crippen LogP contribution is 2.38. The third kappa shape index (κ3) is 27.2. The summed E-state index contributed by atoms with van der Waals surface area (Å²) < 4.78 is 13.8. The molecule has 4 nitrogen and oxygen atoms in total. The lowest BCUT2D eigenvalue weighted by Gasteiger charge is -2.29. The molecule has 2 unspecified atom stereocenters. The minimum Gasteiger partial charge on any atom is -0.343 e. The number of ether oxygens (including phenoxy) is 2. The SMILES string of the molecule is CCCCCC=CCC=CCCCCCCCCC1(CCCCCCCCC=CCC=CCCCCC)OC(CN(C)C)C(CN(C)C)O1. The van der Waals surface area contributed by atoms with Gasteiger partial charge in [-0.2, -0.15) is 0 Å². The molecule has 0 aromatic carbocycles. The number of likely N-dealkylation sites (N-methyl/N-ethyl adjacent to an activating group) is 2. The monoisotopic (exact) mass is 685 g/mol. The molecule has 0 spiro atoms. The highest BCUT2D eigenvalue weighted by atomic mass is 16.8. The molecule has 0 radical (unpaired) electrons. The van der Waals surface area contributed by atoms with Crippen LogP contribution in [0.4, 0.5) is 0 Å². The van der Waals surface area contributed by atoms with Gasteiger partial charge >= 0.3 is 0 Å². The zero-order chi connectivity index (χ0) is 35.7. The highest BCUT2D eigenvalue weighted by Gasteiger charge is 2.46. The van der Waals surface area contributed by atoms with Gasteiger partial charge in [-0.05, 0) is 105 Å². The van der Waals surface area contributed by atoms with E-state index in [0.717, 1.165) is 38.8 Å². The lowest BCUT2D eigenvalue weighted by molar-refractivity contribution is -0.187. The average Bonchev–Trinajstić information content (AvgIpc) is 3.39. The van der Waals surface area contributed by atoms with Gasteiger partial charge < -0.3 is 19.3 Å². The summed E-state index contributed by atoms with van der Waals surface area (Å²) in [4.78, 5) is 4.52. The maximum absolute atomic E-state index is 6.91. The molecular weight excluding hydrogens is 601 g/mol. The summed E-state index contributed by atoms with van der Waals surface area (Å²) >= 11 is 0. The van der Waals surface area contributed by atoms with E-state index < -0.39 is 5.79 Å². The summed E-state index contributed by atoms with van der Waals surface area (Å²) in [6.45, 7) is 6.39. The zero-order valence-corrected chi connectivity index (χ0v) is 33.8. The Kier molecular flexibility index (Phi) is 30.6. The Labute approximate surface area is 307 Å². The van der Waals surface area contributed by atoms with Crippen LogP contribution < -0.4 is 0 Å². The molecule has 0 aliphatic carbocycles. The first-order valence-corrected chi connectivity index (χ1v) is 21.2. The summed E-state index contributed by atoms with van der Waals surface area (Å²) in [5.41, 5.74) is 0. The summed E-state index contributed by atoms with van der Waals surface area (Å²) in [7, 11) is 8.61. The van der Waals surface area contributed by atoms with Gasteiger partial charge in [0.25, 0.3) is 0 Å². The van der Waals surface area contributed by atoms with Crippen molar-refractivity contribution in [2.24, 2.45) is 0 Å². The largest absolute Gasteiger partial charge is 0.343 e. The molecule has 0 bridgehead atoms. The lowest BCUT2D eigenvalue weighted by Crippen LogP contribution is -2.39. The first-order chi connectivity index (χ1) is 23.9. The third-order valence-corrected chi connectivity index (χ3v) is 9.75. The van der Waals surface area contributed by atoms with Crippen LogP contribution in [0.15, 0.2) is 48.6 Å². The van der Waals surface area contributed by atoms with Crippen LogP contribution in [0.3, 0.4) is 0 Å². The zero-order valence-electron chi connectivity index (χ0n) is 33.8. The lowest BCUT2D eigenvalue weighted by atomic mass is 9.98. The second-order valence-corrected chi connectivity index (χ2v) is 15.4. The molecule has 4 heteroatoms. The Bertz CT molecular complexity index is 762. The molecule has 0 aromatic heterocycles. The smallest absolute Gasteiger partial charge is 0.169 e. The van der Waals surface area contributed by atoms with E-state index in [1.54, 1.807) is 0 Å². The minimum absolute atomic E-state index is 0.145. The van der Waals surface area contributed by atoms with Gasteiger partial charge in [-0.15, -0.1) is 0 Å². The molecule has 0 N–H and O–H groups in total. The van der Waals surface area contributed by atoms with Crippen LogP contribution in [0, 0.1) is 0 Å². The van der Waals surface area contributed by atoms with E-state index in [4.69, 9.17) is 9.47 Å². The van der Waals surface area contributed by atoms with Crippen LogP contribution >= 0.6 is 0 Å². The quantitative estimate of drug-likeness (QED) is 0.0497. The van der Waals surface area contributed by atoms with Crippen molar-refractivity contribution >= 4 is 0 Å². The van der Waals surface area contributed by atoms with Crippen LogP contribution in [-0.4, -0.2) is 69.1 Å². The number of allylic oxidation sites excluding steroid dienone is 8. The summed E-state index contributed by atoms with van der Waals surface area (Å²) in [5, 5.41) is 0. The Morgan fingerprint density at radius 3 is 1.04 bits per heavy atom. The molecule has 0 aromatic rings. The Hall–Kier alpha value is -1.20. The Morgan fingerprint density at radius 2 is 0.714 bits per heavy atom. The second-order valence-electron chi connectivity index (χ2n) is 15.4. The van der Waals surface area contributed by atoms with Gasteiger partial charge in [-0.25, -0.2) is 0 Å². The van der Waals surface area contributed by atoms with E-state index in [2.05, 4.69) is 100 Å². The molecule has 1 rings (SSSR count). The molecule has 1 fully saturated rings. The molecule has 0 saturated carbocycles. The second kappa shape index (κ2) is 32.7. The van der Waals surface area contributed by atoms with Crippen molar-refractivity contribution in [1.82, 2.24) is 9.80 Å². The van der Waals surface area contributed by atoms with Crippen LogP contribution in [0.2, 0.25) is 0 Å². The molecule has 1 saturated heterocycles. The predicted molar refractivity (Wildman–Crippen MR) is 218 cm³/mol. The van der Waals surface area contributed by atoms with Gasteiger partial charge in [0.2, 0.25) is 0 Å². The van der Waals surface area contributed by atoms with Crippen molar-refractivity contribution in [3.05, 3.63) is 48.6 Å². The van der Waals surface area contributed by atoms with Crippen molar-refractivity contribution < 1.29 is 9.47 Å². The molecule has 1 aliphatic heterocycles. The maximum atomic E-state index is 6.91. The van der Waals surface area contributed by atoms with E-state index in [-0.39, 0.29) is 12.2 Å². The summed E-state index contributed by atoms with van der Waals surface area (Å²) in [6.07, 6.45) is 52.0. The summed E-state index contributed by atoms with van der Waals surface area (Å²) in [6, 6.07) is 0. The van der Waals surface area contributed by atoms with Crippen molar-refractivity contribution in [2.45, 2.75) is 199 Å². The number of unbranched alkanes of at least 4 members (excludes halogenated alkanes) is 18. The maximum Gasteiger partial charge on any atom is 0.169 e. The van der Waals surface area contributed by atoms with E-state index in [9.17, 15) is 0 Å². The van der Waals surface area contributed by atoms with E-state index in [1.165, 1.54) is 141 Å². The molecular formula is C45H84N2O2. The van der Waals surface area contributed by atoms with Gasteiger partial charge in [0.05, 0.1) is 0 Å². The molecule has 0 amide bonds. The fourth-order valence-electron chi connectivity index (χ4n) is 6.89. The van der Waals surface area contributed by atoms with Gasteiger partial charge in [0, 0.05) is 25.9 Å². The standard InChI is InChI=1S/C45H84N2O2/c1-7-9-11-13-15-17-19-21-23-25-27-29-31-33-35-37-39-45(48-43(41-46(3)4)44(49-45)42-47(5)6)40-38-36-34-32-30-28-26-24-22-20-18-16-14-12-10-8-2/h15-18,21-24,43-44H,7-14,19-20,25-42H2,1-6H3. The Balaban J connectivity index is 2.34. The molecule has 1 aliphatic rings. The molecule has 286 valence electrons. The number of hydrogen-bond acceptors (Lipinski definition) is 4. The summed E-state index contributed by atoms with van der Waals surface area (Å²) in [5.74, 6) is -0.397. The normalized spacial score (nSPS) is 20.2. The molecule has 2 atom stereocenters. The first kappa shape index (κ1) is 45.8. The fraction of sp³-hybridized carbons (Fsp3) is 0.822. The molecule has 1 heterocycles. The van der Waals surface area contributed by atoms with Crippen molar-refractivity contribution in [1.29, 1.82) is 0 Å². The van der Waals surface area contributed by atoms with E-state index >= 15 is 0 Å². The van der Waals surface area contributed by atoms with Crippen molar-refractivity contribution in [2.75, 3.05) is 41.3 Å². The average molecular weight is 685 g/mol. The first-order valence-electron chi connectivity index (χ1n) is 21.2.